The van der Waals surface area contributed by atoms with Gasteiger partial charge in [-0.1, -0.05) is 172 Å². The lowest BCUT2D eigenvalue weighted by atomic mass is 9.55. The Bertz CT molecular complexity index is 3840. The first-order chi connectivity index (χ1) is 32.5. The van der Waals surface area contributed by atoms with Crippen LogP contribution in [0.3, 0.4) is 0 Å². The molecule has 66 heavy (non-hydrogen) atoms. The van der Waals surface area contributed by atoms with Gasteiger partial charge in [0.2, 0.25) is 0 Å². The topological polar surface area (TPSA) is 30.7 Å². The molecule has 15 rings (SSSR count). The first kappa shape index (κ1) is 36.2. The smallest absolute Gasteiger partial charge is 0.0937 e. The van der Waals surface area contributed by atoms with Crippen LogP contribution in [-0.4, -0.2) is 14.5 Å². The van der Waals surface area contributed by atoms with Gasteiger partial charge >= 0.3 is 0 Å². The standard InChI is InChI=1S/C63H41N3/c1-61(2)50-27-11-12-28-51(50)63(55-35-46-43-21-5-10-26-49(43)62(53(46)36-54(55)61)47-24-8-3-19-41(47)42-20-4-9-25-48(42)62)52-29-16-32-64-59(52)60-56(63)34-39(37-65-60)38-17-15-18-40(33-38)66-57-30-13-6-22-44(57)45-23-7-14-31-58(45)66/h3-37H,1-2H3. The van der Waals surface area contributed by atoms with Gasteiger partial charge in [0, 0.05) is 45.4 Å². The highest BCUT2D eigenvalue weighted by Gasteiger charge is 2.57. The molecule has 0 bridgehead atoms. The third-order valence-electron chi connectivity index (χ3n) is 16.0. The zero-order valence-electron chi connectivity index (χ0n) is 36.5. The van der Waals surface area contributed by atoms with Crippen LogP contribution in [-0.2, 0) is 16.2 Å². The number of pyridine rings is 2. The van der Waals surface area contributed by atoms with Crippen molar-refractivity contribution in [2.75, 3.05) is 0 Å². The van der Waals surface area contributed by atoms with Gasteiger partial charge in [-0.2, -0.15) is 0 Å². The Morgan fingerprint density at radius 3 is 1.58 bits per heavy atom. The van der Waals surface area contributed by atoms with Crippen LogP contribution in [0.25, 0.3) is 72.3 Å². The van der Waals surface area contributed by atoms with Gasteiger partial charge in [0.15, 0.2) is 0 Å². The van der Waals surface area contributed by atoms with Crippen LogP contribution in [0.15, 0.2) is 213 Å². The van der Waals surface area contributed by atoms with Gasteiger partial charge in [-0.25, -0.2) is 0 Å². The fourth-order valence-electron chi connectivity index (χ4n) is 13.4. The van der Waals surface area contributed by atoms with Gasteiger partial charge in [-0.05, 0) is 120 Å². The van der Waals surface area contributed by atoms with E-state index in [0.717, 1.165) is 28.2 Å². The van der Waals surface area contributed by atoms with Gasteiger partial charge < -0.3 is 4.57 Å². The first-order valence-corrected chi connectivity index (χ1v) is 23.1. The van der Waals surface area contributed by atoms with Crippen LogP contribution in [0.1, 0.15) is 69.5 Å². The van der Waals surface area contributed by atoms with Gasteiger partial charge in [-0.15, -0.1) is 0 Å². The monoisotopic (exact) mass is 839 g/mol. The van der Waals surface area contributed by atoms with Crippen molar-refractivity contribution in [3.05, 3.63) is 268 Å². The second kappa shape index (κ2) is 12.6. The minimum absolute atomic E-state index is 0.327. The van der Waals surface area contributed by atoms with Crippen molar-refractivity contribution >= 4 is 21.8 Å². The lowest BCUT2D eigenvalue weighted by molar-refractivity contribution is 0.561. The Hall–Kier alpha value is -8.14. The van der Waals surface area contributed by atoms with E-state index in [2.05, 4.69) is 225 Å². The van der Waals surface area contributed by atoms with Crippen LogP contribution in [0, 0.1) is 0 Å². The molecule has 3 aromatic heterocycles. The van der Waals surface area contributed by atoms with E-state index in [1.54, 1.807) is 0 Å². The van der Waals surface area contributed by atoms with Crippen molar-refractivity contribution < 1.29 is 0 Å². The number of para-hydroxylation sites is 2. The summed E-state index contributed by atoms with van der Waals surface area (Å²) in [6.07, 6.45) is 4.00. The van der Waals surface area contributed by atoms with E-state index in [9.17, 15) is 0 Å². The first-order valence-electron chi connectivity index (χ1n) is 23.1. The van der Waals surface area contributed by atoms with E-state index in [1.165, 1.54) is 99.7 Å². The molecule has 1 atom stereocenters. The summed E-state index contributed by atoms with van der Waals surface area (Å²) in [7, 11) is 0. The predicted molar refractivity (Wildman–Crippen MR) is 268 cm³/mol. The minimum Gasteiger partial charge on any atom is -0.309 e. The molecule has 3 heteroatoms. The molecule has 2 spiro atoms. The predicted octanol–water partition coefficient (Wildman–Crippen LogP) is 14.6. The molecule has 0 radical (unpaired) electrons. The van der Waals surface area contributed by atoms with Crippen molar-refractivity contribution in [2.24, 2.45) is 0 Å². The molecule has 3 nitrogen and oxygen atoms in total. The molecule has 4 aliphatic carbocycles. The third-order valence-corrected chi connectivity index (χ3v) is 16.0. The summed E-state index contributed by atoms with van der Waals surface area (Å²) in [5, 5.41) is 2.51. The molecule has 3 heterocycles. The number of nitrogens with zero attached hydrogens (tertiary/aromatic N) is 3. The highest BCUT2D eigenvalue weighted by Crippen LogP contribution is 2.67. The van der Waals surface area contributed by atoms with Gasteiger partial charge in [0.05, 0.1) is 33.3 Å². The lowest BCUT2D eigenvalue weighted by Crippen LogP contribution is -2.41. The summed E-state index contributed by atoms with van der Waals surface area (Å²) in [6.45, 7) is 4.87. The average Bonchev–Trinajstić information content (AvgIpc) is 4.06. The van der Waals surface area contributed by atoms with E-state index in [0.29, 0.717) is 0 Å². The van der Waals surface area contributed by atoms with E-state index in [1.807, 2.05) is 6.20 Å². The Kier molecular flexibility index (Phi) is 6.89. The molecule has 0 saturated carbocycles. The molecule has 0 N–H and O–H groups in total. The summed E-state index contributed by atoms with van der Waals surface area (Å²) >= 11 is 0. The van der Waals surface area contributed by atoms with Gasteiger partial charge in [0.1, 0.15) is 0 Å². The third kappa shape index (κ3) is 4.21. The molecule has 4 aliphatic rings. The maximum atomic E-state index is 5.45. The van der Waals surface area contributed by atoms with Crippen molar-refractivity contribution in [1.29, 1.82) is 0 Å². The number of benzene rings is 8. The van der Waals surface area contributed by atoms with E-state index < -0.39 is 10.8 Å². The Balaban J connectivity index is 1.02. The molecule has 0 amide bonds. The molecule has 0 saturated heterocycles. The SMILES string of the molecule is CC1(C)c2ccccc2C2(c3cc4c(cc31)C1(c3ccccc3-c3ccccc31)c1ccccc1-4)c1cccnc1-c1ncc(-c3cccc(-n4c5ccccc5c5ccccc54)c3)cc12. The van der Waals surface area contributed by atoms with Crippen LogP contribution >= 0.6 is 0 Å². The molecular weight excluding hydrogens is 799 g/mol. The molecule has 8 aromatic carbocycles. The molecule has 308 valence electrons. The van der Waals surface area contributed by atoms with Crippen molar-refractivity contribution in [3.63, 3.8) is 0 Å². The van der Waals surface area contributed by atoms with Crippen LogP contribution in [0.2, 0.25) is 0 Å². The van der Waals surface area contributed by atoms with E-state index in [4.69, 9.17) is 9.97 Å². The van der Waals surface area contributed by atoms with Crippen molar-refractivity contribution in [3.8, 4) is 50.5 Å². The van der Waals surface area contributed by atoms with Crippen molar-refractivity contribution in [1.82, 2.24) is 14.5 Å². The quantitative estimate of drug-likeness (QED) is 0.174. The fourth-order valence-corrected chi connectivity index (χ4v) is 13.4. The number of hydrogen-bond acceptors (Lipinski definition) is 2. The largest absolute Gasteiger partial charge is 0.309 e. The van der Waals surface area contributed by atoms with E-state index in [-0.39, 0.29) is 5.41 Å². The molecule has 0 aliphatic heterocycles. The normalized spacial score (nSPS) is 16.9. The lowest BCUT2D eigenvalue weighted by Gasteiger charge is -2.47. The second-order valence-corrected chi connectivity index (χ2v) is 19.2. The second-order valence-electron chi connectivity index (χ2n) is 19.2. The average molecular weight is 840 g/mol. The maximum absolute atomic E-state index is 5.45. The molecule has 0 fully saturated rings. The Morgan fingerprint density at radius 2 is 0.894 bits per heavy atom. The molecule has 11 aromatic rings. The van der Waals surface area contributed by atoms with Crippen molar-refractivity contribution in [2.45, 2.75) is 30.1 Å². The van der Waals surface area contributed by atoms with Crippen LogP contribution in [0.4, 0.5) is 0 Å². The van der Waals surface area contributed by atoms with Crippen LogP contribution in [0.5, 0.6) is 0 Å². The summed E-state index contributed by atoms with van der Waals surface area (Å²) in [5.41, 5.74) is 24.5. The maximum Gasteiger partial charge on any atom is 0.0937 e. The number of fused-ring (bicyclic) bond motifs is 22. The minimum atomic E-state index is -0.682. The highest BCUT2D eigenvalue weighted by molar-refractivity contribution is 6.09. The van der Waals surface area contributed by atoms with E-state index >= 15 is 0 Å². The fraction of sp³-hybridized carbons (Fsp3) is 0.0794. The zero-order chi connectivity index (χ0) is 43.5. The summed E-state index contributed by atoms with van der Waals surface area (Å²) in [4.78, 5) is 10.6. The zero-order valence-corrected chi connectivity index (χ0v) is 36.5. The highest BCUT2D eigenvalue weighted by atomic mass is 15.0. The summed E-state index contributed by atoms with van der Waals surface area (Å²) in [6, 6.07) is 75.2. The number of rotatable bonds is 2. The molecule has 1 unspecified atom stereocenters. The van der Waals surface area contributed by atoms with Gasteiger partial charge in [0.25, 0.3) is 0 Å². The Morgan fingerprint density at radius 1 is 0.348 bits per heavy atom. The molecular formula is C63H41N3. The van der Waals surface area contributed by atoms with Gasteiger partial charge in [-0.3, -0.25) is 9.97 Å². The number of aromatic nitrogens is 3. The number of hydrogen-bond donors (Lipinski definition) is 0. The summed E-state index contributed by atoms with van der Waals surface area (Å²) < 4.78 is 2.40. The Labute approximate surface area is 383 Å². The summed E-state index contributed by atoms with van der Waals surface area (Å²) in [5.74, 6) is 0. The van der Waals surface area contributed by atoms with Crippen LogP contribution < -0.4 is 0 Å².